The maximum atomic E-state index is 14.7. The Hall–Kier alpha value is -3.48. The number of nitrogens with one attached hydrogen (secondary N) is 3. The molecule has 214 valence electrons. The molecule has 0 radical (unpaired) electrons. The van der Waals surface area contributed by atoms with Gasteiger partial charge < -0.3 is 30.3 Å². The van der Waals surface area contributed by atoms with E-state index in [4.69, 9.17) is 4.74 Å². The summed E-state index contributed by atoms with van der Waals surface area (Å²) in [5, 5.41) is 8.83. The molecule has 2 aliphatic heterocycles. The van der Waals surface area contributed by atoms with Gasteiger partial charge in [-0.2, -0.15) is 13.8 Å². The number of alkyl halides is 2. The Morgan fingerprint density at radius 1 is 1.18 bits per heavy atom. The molecule has 0 spiro atoms. The van der Waals surface area contributed by atoms with Crippen LogP contribution in [-0.2, 0) is 0 Å². The van der Waals surface area contributed by atoms with Crippen molar-refractivity contribution in [2.75, 3.05) is 43.9 Å². The van der Waals surface area contributed by atoms with E-state index in [1.807, 2.05) is 0 Å². The summed E-state index contributed by atoms with van der Waals surface area (Å²) in [6.45, 7) is 7.04. The van der Waals surface area contributed by atoms with Gasteiger partial charge in [0.15, 0.2) is 23.1 Å². The maximum Gasteiger partial charge on any atom is 0.387 e. The Labute approximate surface area is 226 Å². The average Bonchev–Trinajstić information content (AvgIpc) is 3.25. The Morgan fingerprint density at radius 2 is 1.90 bits per heavy atom. The minimum atomic E-state index is -3.08. The molecule has 2 aliphatic rings. The van der Waals surface area contributed by atoms with Gasteiger partial charge in [0.2, 0.25) is 5.95 Å². The van der Waals surface area contributed by atoms with Crippen molar-refractivity contribution in [2.45, 2.75) is 64.3 Å². The van der Waals surface area contributed by atoms with E-state index in [0.29, 0.717) is 25.3 Å². The van der Waals surface area contributed by atoms with Crippen molar-refractivity contribution < 1.29 is 27.4 Å². The van der Waals surface area contributed by atoms with Crippen LogP contribution in [0, 0.1) is 5.82 Å². The lowest BCUT2D eigenvalue weighted by molar-refractivity contribution is -0.0514. The van der Waals surface area contributed by atoms with Crippen molar-refractivity contribution in [2.24, 2.45) is 0 Å². The normalized spacial score (nSPS) is 19.2. The SMILES string of the molecule is CN1C(C)(C)CC(Nc2nc(Nc3ccc(OCCN4CCNC4=O)c(OC(F)F)c3)ncc2F)CC1(C)C. The predicted octanol–water partition coefficient (Wildman–Crippen LogP) is 4.43. The molecule has 4 rings (SSSR count). The number of hydrogen-bond donors (Lipinski definition) is 3. The van der Waals surface area contributed by atoms with Gasteiger partial charge in [-0.05, 0) is 59.7 Å². The molecule has 0 bridgehead atoms. The number of anilines is 3. The number of amides is 2. The molecule has 1 aromatic carbocycles. The molecule has 1 aromatic heterocycles. The highest BCUT2D eigenvalue weighted by molar-refractivity contribution is 5.76. The van der Waals surface area contributed by atoms with Crippen LogP contribution in [0.5, 0.6) is 11.5 Å². The van der Waals surface area contributed by atoms with Gasteiger partial charge in [0.05, 0.1) is 12.7 Å². The average molecular weight is 552 g/mol. The molecule has 2 saturated heterocycles. The fourth-order valence-corrected chi connectivity index (χ4v) is 5.21. The number of nitrogens with zero attached hydrogens (tertiary/aromatic N) is 4. The second kappa shape index (κ2) is 11.3. The summed E-state index contributed by atoms with van der Waals surface area (Å²) in [5.41, 5.74) is 0.141. The van der Waals surface area contributed by atoms with Crippen molar-refractivity contribution in [3.05, 3.63) is 30.2 Å². The smallest absolute Gasteiger partial charge is 0.387 e. The van der Waals surface area contributed by atoms with Crippen LogP contribution in [0.2, 0.25) is 0 Å². The van der Waals surface area contributed by atoms with Crippen LogP contribution in [0.1, 0.15) is 40.5 Å². The third kappa shape index (κ3) is 6.94. The minimum Gasteiger partial charge on any atom is -0.488 e. The molecular formula is C26H36F3N7O3. The molecule has 3 heterocycles. The van der Waals surface area contributed by atoms with Crippen molar-refractivity contribution in [3.63, 3.8) is 0 Å². The summed E-state index contributed by atoms with van der Waals surface area (Å²) in [6.07, 6.45) is 2.64. The molecule has 0 atom stereocenters. The van der Waals surface area contributed by atoms with E-state index in [2.05, 4.69) is 70.3 Å². The number of halogens is 3. The number of carbonyl (C=O) groups is 1. The Balaban J connectivity index is 1.45. The lowest BCUT2D eigenvalue weighted by atomic mass is 9.77. The monoisotopic (exact) mass is 551 g/mol. The molecular weight excluding hydrogens is 515 g/mol. The zero-order chi connectivity index (χ0) is 28.4. The first-order chi connectivity index (χ1) is 18.3. The molecule has 2 fully saturated rings. The summed E-state index contributed by atoms with van der Waals surface area (Å²) in [4.78, 5) is 23.9. The van der Waals surface area contributed by atoms with Crippen LogP contribution in [0.3, 0.4) is 0 Å². The highest BCUT2D eigenvalue weighted by Gasteiger charge is 2.43. The fourth-order valence-electron chi connectivity index (χ4n) is 5.21. The Kier molecular flexibility index (Phi) is 8.28. The second-order valence-electron chi connectivity index (χ2n) is 11.1. The van der Waals surface area contributed by atoms with Crippen LogP contribution in [0.4, 0.5) is 35.4 Å². The van der Waals surface area contributed by atoms with E-state index in [9.17, 15) is 18.0 Å². The van der Waals surface area contributed by atoms with Gasteiger partial charge in [0.25, 0.3) is 0 Å². The predicted molar refractivity (Wildman–Crippen MR) is 141 cm³/mol. The molecule has 2 aromatic rings. The van der Waals surface area contributed by atoms with Crippen LogP contribution in [0.25, 0.3) is 0 Å². The van der Waals surface area contributed by atoms with Gasteiger partial charge in [-0.25, -0.2) is 14.2 Å². The number of urea groups is 1. The zero-order valence-corrected chi connectivity index (χ0v) is 22.9. The number of hydrogen-bond acceptors (Lipinski definition) is 8. The van der Waals surface area contributed by atoms with Gasteiger partial charge in [-0.3, -0.25) is 4.90 Å². The number of likely N-dealkylation sites (tertiary alicyclic amines) is 1. The topological polar surface area (TPSA) is 104 Å². The van der Waals surface area contributed by atoms with E-state index < -0.39 is 12.4 Å². The summed E-state index contributed by atoms with van der Waals surface area (Å²) in [7, 11) is 2.10. The van der Waals surface area contributed by atoms with E-state index >= 15 is 0 Å². The minimum absolute atomic E-state index is 0.0161. The van der Waals surface area contributed by atoms with E-state index in [1.54, 1.807) is 11.0 Å². The van der Waals surface area contributed by atoms with Crippen molar-refractivity contribution in [1.29, 1.82) is 0 Å². The van der Waals surface area contributed by atoms with Crippen LogP contribution < -0.4 is 25.4 Å². The molecule has 0 aliphatic carbocycles. The number of piperidine rings is 1. The van der Waals surface area contributed by atoms with Gasteiger partial charge in [-0.1, -0.05) is 0 Å². The Bertz CT molecular complexity index is 1160. The molecule has 13 heteroatoms. The first-order valence-corrected chi connectivity index (χ1v) is 12.9. The highest BCUT2D eigenvalue weighted by atomic mass is 19.3. The standard InChI is InChI=1S/C26H36F3N7O3/c1-25(2)13-17(14-26(3,4)35(25)5)32-21-18(27)15-31-23(34-21)33-16-6-7-19(20(12-16)39-22(28)29)38-11-10-36-9-8-30-24(36)37/h6-7,12,15,17,22H,8-11,13-14H2,1-5H3,(H,30,37)(H2,31,32,33,34). The number of ether oxygens (including phenoxy) is 2. The van der Waals surface area contributed by atoms with Crippen LogP contribution >= 0.6 is 0 Å². The number of aromatic nitrogens is 2. The first kappa shape index (κ1) is 28.5. The van der Waals surface area contributed by atoms with Crippen molar-refractivity contribution in [1.82, 2.24) is 25.1 Å². The van der Waals surface area contributed by atoms with Gasteiger partial charge >= 0.3 is 12.6 Å². The first-order valence-electron chi connectivity index (χ1n) is 12.9. The summed E-state index contributed by atoms with van der Waals surface area (Å²) in [6, 6.07) is 4.16. The van der Waals surface area contributed by atoms with Crippen molar-refractivity contribution in [3.8, 4) is 11.5 Å². The molecule has 0 unspecified atom stereocenters. The largest absolute Gasteiger partial charge is 0.488 e. The summed E-state index contributed by atoms with van der Waals surface area (Å²) in [5.74, 6) is -0.551. The maximum absolute atomic E-state index is 14.7. The van der Waals surface area contributed by atoms with Crippen molar-refractivity contribution >= 4 is 23.5 Å². The Morgan fingerprint density at radius 3 is 2.54 bits per heavy atom. The summed E-state index contributed by atoms with van der Waals surface area (Å²) < 4.78 is 51.1. The third-order valence-electron chi connectivity index (χ3n) is 7.37. The number of rotatable bonds is 10. The highest BCUT2D eigenvalue weighted by Crippen LogP contribution is 2.38. The van der Waals surface area contributed by atoms with Gasteiger partial charge in [-0.15, -0.1) is 0 Å². The number of carbonyl (C=O) groups excluding carboxylic acids is 1. The van der Waals surface area contributed by atoms with Gasteiger partial charge in [0, 0.05) is 42.0 Å². The molecule has 39 heavy (non-hydrogen) atoms. The lowest BCUT2D eigenvalue weighted by Crippen LogP contribution is -2.61. The van der Waals surface area contributed by atoms with E-state index in [0.717, 1.165) is 19.0 Å². The van der Waals surface area contributed by atoms with E-state index in [1.165, 1.54) is 12.1 Å². The second-order valence-corrected chi connectivity index (χ2v) is 11.1. The third-order valence-corrected chi connectivity index (χ3v) is 7.37. The van der Waals surface area contributed by atoms with Crippen LogP contribution in [-0.4, -0.2) is 82.8 Å². The van der Waals surface area contributed by atoms with E-state index in [-0.39, 0.29) is 53.0 Å². The quantitative estimate of drug-likeness (QED) is 0.399. The number of benzene rings is 1. The molecule has 3 N–H and O–H groups in total. The summed E-state index contributed by atoms with van der Waals surface area (Å²) >= 11 is 0. The zero-order valence-electron chi connectivity index (χ0n) is 22.9. The fraction of sp³-hybridized carbons (Fsp3) is 0.577. The lowest BCUT2D eigenvalue weighted by Gasteiger charge is -2.53. The molecule has 10 nitrogen and oxygen atoms in total. The molecule has 2 amide bonds. The van der Waals surface area contributed by atoms with Gasteiger partial charge in [0.1, 0.15) is 6.61 Å². The molecule has 0 saturated carbocycles. The van der Waals surface area contributed by atoms with Crippen LogP contribution in [0.15, 0.2) is 24.4 Å².